The van der Waals surface area contributed by atoms with Crippen molar-refractivity contribution < 1.29 is 33.4 Å². The van der Waals surface area contributed by atoms with E-state index in [0.717, 1.165) is 5.56 Å². The van der Waals surface area contributed by atoms with Gasteiger partial charge in [0, 0.05) is 18.1 Å². The molecule has 0 saturated carbocycles. The summed E-state index contributed by atoms with van der Waals surface area (Å²) in [6.07, 6.45) is 0.251. The number of methoxy groups -OCH3 is 1. The molecule has 0 atom stereocenters. The minimum atomic E-state index is -0.820. The second kappa shape index (κ2) is 12.0. The van der Waals surface area contributed by atoms with E-state index in [1.165, 1.54) is 43.5 Å². The minimum Gasteiger partial charge on any atom is -0.496 e. The number of Topliss-reactive ketones (excluding diaryl/α,β-unsaturated/α-hetero) is 1. The molecule has 0 radical (unpaired) electrons. The lowest BCUT2D eigenvalue weighted by atomic mass is 10.1. The molecule has 1 N–H and O–H groups in total. The third-order valence-corrected chi connectivity index (χ3v) is 5.43. The molecular weight excluding hydrogens is 486 g/mol. The van der Waals surface area contributed by atoms with Crippen LogP contribution in [0.3, 0.4) is 0 Å². The highest BCUT2D eigenvalue weighted by atomic mass is 35.5. The van der Waals surface area contributed by atoms with Crippen molar-refractivity contribution in [1.29, 1.82) is 0 Å². The molecule has 3 aromatic carbocycles. The number of aryl methyl sites for hydroxylation is 1. The van der Waals surface area contributed by atoms with Gasteiger partial charge in [-0.15, -0.1) is 0 Å². The summed E-state index contributed by atoms with van der Waals surface area (Å²) in [5.41, 5.74) is 1.98. The lowest BCUT2D eigenvalue weighted by molar-refractivity contribution is -0.115. The van der Waals surface area contributed by atoms with Crippen LogP contribution >= 0.6 is 11.6 Å². The molecule has 36 heavy (non-hydrogen) atoms. The molecule has 0 saturated heterocycles. The Morgan fingerprint density at radius 2 is 1.53 bits per heavy atom. The van der Waals surface area contributed by atoms with Crippen LogP contribution in [0, 0.1) is 6.92 Å². The van der Waals surface area contributed by atoms with Crippen LogP contribution < -0.4 is 14.8 Å². The van der Waals surface area contributed by atoms with Crippen LogP contribution in [0.4, 0.5) is 5.69 Å². The Balaban J connectivity index is 1.61. The molecule has 0 aliphatic heterocycles. The molecule has 0 aliphatic carbocycles. The van der Waals surface area contributed by atoms with Crippen LogP contribution in [0.25, 0.3) is 0 Å². The van der Waals surface area contributed by atoms with E-state index in [-0.39, 0.29) is 45.7 Å². The first-order valence-electron chi connectivity index (χ1n) is 11.0. The molecule has 0 unspecified atom stereocenters. The van der Waals surface area contributed by atoms with E-state index in [1.54, 1.807) is 19.1 Å². The summed E-state index contributed by atoms with van der Waals surface area (Å²) >= 11 is 6.18. The normalized spacial score (nSPS) is 10.3. The molecular formula is C27H24ClNO7. The molecule has 0 fully saturated rings. The van der Waals surface area contributed by atoms with Gasteiger partial charge in [0.25, 0.3) is 0 Å². The predicted octanol–water partition coefficient (Wildman–Crippen LogP) is 5.26. The van der Waals surface area contributed by atoms with Crippen LogP contribution in [-0.2, 0) is 9.53 Å². The highest BCUT2D eigenvalue weighted by Gasteiger charge is 2.20. The number of nitrogens with one attached hydrogen (secondary N) is 1. The Bertz CT molecular complexity index is 1280. The molecule has 0 aliphatic rings. The number of hydrogen-bond donors (Lipinski definition) is 1. The number of carbonyl (C=O) groups excluding carboxylic acids is 4. The molecule has 8 nitrogen and oxygen atoms in total. The van der Waals surface area contributed by atoms with Crippen LogP contribution in [0.2, 0.25) is 5.02 Å². The summed E-state index contributed by atoms with van der Waals surface area (Å²) in [5, 5.41) is 2.73. The van der Waals surface area contributed by atoms with Gasteiger partial charge in [-0.2, -0.15) is 0 Å². The largest absolute Gasteiger partial charge is 0.496 e. The second-order valence-electron chi connectivity index (χ2n) is 7.71. The first kappa shape index (κ1) is 26.4. The summed E-state index contributed by atoms with van der Waals surface area (Å²) < 4.78 is 15.7. The molecule has 0 heterocycles. The molecule has 1 amide bonds. The SMILES string of the molecule is CCC(=O)Nc1cc(OC)c(C(=O)OCC(=O)c2ccc(OC(=O)c3ccc(C)cc3)cc2)cc1Cl. The van der Waals surface area contributed by atoms with Gasteiger partial charge in [-0.1, -0.05) is 36.2 Å². The van der Waals surface area contributed by atoms with E-state index in [4.69, 9.17) is 25.8 Å². The molecule has 0 spiro atoms. The van der Waals surface area contributed by atoms with Crippen molar-refractivity contribution in [3.8, 4) is 11.5 Å². The average molecular weight is 510 g/mol. The molecule has 186 valence electrons. The van der Waals surface area contributed by atoms with E-state index in [1.807, 2.05) is 19.1 Å². The topological polar surface area (TPSA) is 108 Å². The summed E-state index contributed by atoms with van der Waals surface area (Å²) in [7, 11) is 1.35. The Kier molecular flexibility index (Phi) is 8.81. The minimum absolute atomic E-state index is 0.00293. The fraction of sp³-hybridized carbons (Fsp3) is 0.185. The van der Waals surface area contributed by atoms with Crippen LogP contribution in [0.1, 0.15) is 50.0 Å². The Labute approximate surface area is 213 Å². The number of rotatable bonds is 9. The second-order valence-corrected chi connectivity index (χ2v) is 8.12. The number of benzene rings is 3. The average Bonchev–Trinajstić information content (AvgIpc) is 2.88. The van der Waals surface area contributed by atoms with Crippen molar-refractivity contribution in [2.45, 2.75) is 20.3 Å². The fourth-order valence-corrected chi connectivity index (χ4v) is 3.28. The number of amides is 1. The van der Waals surface area contributed by atoms with Gasteiger partial charge >= 0.3 is 11.9 Å². The molecule has 0 aromatic heterocycles. The standard InChI is InChI=1S/C27H24ClNO7/c1-4-25(31)29-22-14-24(34-3)20(13-21(22)28)27(33)35-15-23(30)17-9-11-19(12-10-17)36-26(32)18-7-5-16(2)6-8-18/h5-14H,4,15H2,1-3H3,(H,29,31). The number of esters is 2. The van der Waals surface area contributed by atoms with Crippen molar-refractivity contribution in [3.05, 3.63) is 87.9 Å². The van der Waals surface area contributed by atoms with Gasteiger partial charge in [-0.25, -0.2) is 9.59 Å². The monoisotopic (exact) mass is 509 g/mol. The van der Waals surface area contributed by atoms with Gasteiger partial charge in [0.05, 0.1) is 23.4 Å². The Hall–Kier alpha value is -4.17. The zero-order valence-corrected chi connectivity index (χ0v) is 20.7. The van der Waals surface area contributed by atoms with E-state index < -0.39 is 24.3 Å². The zero-order valence-electron chi connectivity index (χ0n) is 19.9. The van der Waals surface area contributed by atoms with Gasteiger partial charge in [-0.3, -0.25) is 9.59 Å². The van der Waals surface area contributed by atoms with Crippen LogP contribution in [0.5, 0.6) is 11.5 Å². The van der Waals surface area contributed by atoms with Crippen molar-refractivity contribution >= 4 is 40.9 Å². The quantitative estimate of drug-likeness (QED) is 0.238. The zero-order chi connectivity index (χ0) is 26.2. The van der Waals surface area contributed by atoms with Crippen molar-refractivity contribution in [2.75, 3.05) is 19.0 Å². The van der Waals surface area contributed by atoms with Gasteiger partial charge in [0.2, 0.25) is 5.91 Å². The molecule has 0 bridgehead atoms. The number of ether oxygens (including phenoxy) is 3. The first-order valence-corrected chi connectivity index (χ1v) is 11.4. The third-order valence-electron chi connectivity index (χ3n) is 5.11. The maximum atomic E-state index is 12.6. The van der Waals surface area contributed by atoms with Gasteiger partial charge in [0.15, 0.2) is 12.4 Å². The number of anilines is 1. The van der Waals surface area contributed by atoms with Crippen LogP contribution in [-0.4, -0.2) is 37.3 Å². The summed E-state index contributed by atoms with van der Waals surface area (Å²) in [6, 6.07) is 15.6. The van der Waals surface area contributed by atoms with Crippen molar-refractivity contribution in [2.24, 2.45) is 0 Å². The predicted molar refractivity (Wildman–Crippen MR) is 134 cm³/mol. The molecule has 9 heteroatoms. The van der Waals surface area contributed by atoms with Gasteiger partial charge < -0.3 is 19.5 Å². The fourth-order valence-electron chi connectivity index (χ4n) is 3.07. The number of halogens is 1. The van der Waals surface area contributed by atoms with Gasteiger partial charge in [-0.05, 0) is 49.4 Å². The third kappa shape index (κ3) is 6.70. The smallest absolute Gasteiger partial charge is 0.343 e. The lowest BCUT2D eigenvalue weighted by Gasteiger charge is -2.13. The number of carbonyl (C=O) groups is 4. The Morgan fingerprint density at radius 3 is 2.14 bits per heavy atom. The summed E-state index contributed by atoms with van der Waals surface area (Å²) in [6.45, 7) is 3.07. The maximum absolute atomic E-state index is 12.6. The Morgan fingerprint density at radius 1 is 0.889 bits per heavy atom. The summed E-state index contributed by atoms with van der Waals surface area (Å²) in [4.78, 5) is 49.0. The van der Waals surface area contributed by atoms with E-state index >= 15 is 0 Å². The van der Waals surface area contributed by atoms with Gasteiger partial charge in [0.1, 0.15) is 17.1 Å². The summed E-state index contributed by atoms with van der Waals surface area (Å²) in [5.74, 6) is -1.66. The van der Waals surface area contributed by atoms with Crippen LogP contribution in [0.15, 0.2) is 60.7 Å². The highest BCUT2D eigenvalue weighted by Crippen LogP contribution is 2.31. The van der Waals surface area contributed by atoms with E-state index in [0.29, 0.717) is 5.56 Å². The highest BCUT2D eigenvalue weighted by molar-refractivity contribution is 6.34. The maximum Gasteiger partial charge on any atom is 0.343 e. The lowest BCUT2D eigenvalue weighted by Crippen LogP contribution is -2.16. The molecule has 3 aromatic rings. The van der Waals surface area contributed by atoms with Crippen molar-refractivity contribution in [1.82, 2.24) is 0 Å². The van der Waals surface area contributed by atoms with Crippen molar-refractivity contribution in [3.63, 3.8) is 0 Å². The number of hydrogen-bond acceptors (Lipinski definition) is 7. The first-order chi connectivity index (χ1) is 17.2. The number of ketones is 1. The van der Waals surface area contributed by atoms with E-state index in [9.17, 15) is 19.2 Å². The molecule has 3 rings (SSSR count). The van der Waals surface area contributed by atoms with E-state index in [2.05, 4.69) is 5.32 Å².